The number of hydrogen-bond donors (Lipinski definition) is 0. The summed E-state index contributed by atoms with van der Waals surface area (Å²) in [4.78, 5) is 18.7. The van der Waals surface area contributed by atoms with Crippen molar-refractivity contribution in [3.63, 3.8) is 0 Å². The average molecular weight is 329 g/mol. The third-order valence-corrected chi connectivity index (χ3v) is 4.16. The highest BCUT2D eigenvalue weighted by molar-refractivity contribution is 5.78. The Kier molecular flexibility index (Phi) is 5.25. The zero-order chi connectivity index (χ0) is 16.9. The minimum absolute atomic E-state index is 0.0238. The summed E-state index contributed by atoms with van der Waals surface area (Å²) in [6.45, 7) is 5.23. The number of carbonyl (C=O) groups excluding carboxylic acids is 1. The van der Waals surface area contributed by atoms with Gasteiger partial charge in [0.05, 0.1) is 12.6 Å². The first-order valence-electron chi connectivity index (χ1n) is 8.40. The van der Waals surface area contributed by atoms with E-state index >= 15 is 0 Å². The Hall–Kier alpha value is -2.21. The van der Waals surface area contributed by atoms with Crippen LogP contribution in [0.1, 0.15) is 55.9 Å². The number of benzene rings is 1. The summed E-state index contributed by atoms with van der Waals surface area (Å²) in [7, 11) is 0. The van der Waals surface area contributed by atoms with Gasteiger partial charge >= 0.3 is 0 Å². The second kappa shape index (κ2) is 7.57. The minimum Gasteiger partial charge on any atom is -0.367 e. The molecule has 6 nitrogen and oxygen atoms in total. The minimum atomic E-state index is -0.103. The number of amides is 1. The molecule has 0 spiro atoms. The Morgan fingerprint density at radius 1 is 1.38 bits per heavy atom. The van der Waals surface area contributed by atoms with Gasteiger partial charge in [0.15, 0.2) is 5.82 Å². The molecule has 0 saturated carbocycles. The van der Waals surface area contributed by atoms with Crippen LogP contribution in [0.4, 0.5) is 0 Å². The zero-order valence-corrected chi connectivity index (χ0v) is 14.1. The van der Waals surface area contributed by atoms with E-state index in [1.54, 1.807) is 4.90 Å². The molecule has 0 unspecified atom stereocenters. The standard InChI is InChI=1S/C18H23N3O3/c1-13(2)18-19-17(20-24-18)15-9-6-10-21(15)16(22)12-23-11-14-7-4-3-5-8-14/h3-5,7-8,13,15H,6,9-12H2,1-2H3/t15-/m1/s1. The van der Waals surface area contributed by atoms with E-state index in [4.69, 9.17) is 9.26 Å². The molecule has 1 aliphatic heterocycles. The highest BCUT2D eigenvalue weighted by atomic mass is 16.5. The molecule has 2 heterocycles. The first kappa shape index (κ1) is 16.6. The molecule has 6 heteroatoms. The van der Waals surface area contributed by atoms with Crippen molar-refractivity contribution in [2.75, 3.05) is 13.2 Å². The van der Waals surface area contributed by atoms with Crippen LogP contribution < -0.4 is 0 Å². The van der Waals surface area contributed by atoms with Crippen molar-refractivity contribution in [3.8, 4) is 0 Å². The number of ether oxygens (including phenoxy) is 1. The van der Waals surface area contributed by atoms with Crippen molar-refractivity contribution >= 4 is 5.91 Å². The molecule has 2 aromatic rings. The van der Waals surface area contributed by atoms with Crippen molar-refractivity contribution < 1.29 is 14.1 Å². The van der Waals surface area contributed by atoms with Gasteiger partial charge in [0, 0.05) is 12.5 Å². The van der Waals surface area contributed by atoms with E-state index in [-0.39, 0.29) is 24.5 Å². The van der Waals surface area contributed by atoms with Gasteiger partial charge in [0.2, 0.25) is 11.8 Å². The molecular formula is C18H23N3O3. The largest absolute Gasteiger partial charge is 0.367 e. The molecule has 1 atom stereocenters. The van der Waals surface area contributed by atoms with Crippen molar-refractivity contribution in [3.05, 3.63) is 47.6 Å². The lowest BCUT2D eigenvalue weighted by molar-refractivity contribution is -0.137. The highest BCUT2D eigenvalue weighted by Crippen LogP contribution is 2.30. The number of aromatic nitrogens is 2. The van der Waals surface area contributed by atoms with Gasteiger partial charge in [-0.25, -0.2) is 0 Å². The summed E-state index contributed by atoms with van der Waals surface area (Å²) in [5.41, 5.74) is 1.06. The van der Waals surface area contributed by atoms with Gasteiger partial charge < -0.3 is 14.2 Å². The smallest absolute Gasteiger partial charge is 0.249 e. The molecule has 24 heavy (non-hydrogen) atoms. The summed E-state index contributed by atoms with van der Waals surface area (Å²) >= 11 is 0. The molecule has 1 aliphatic rings. The summed E-state index contributed by atoms with van der Waals surface area (Å²) in [5.74, 6) is 1.38. The van der Waals surface area contributed by atoms with Crippen LogP contribution in [0.2, 0.25) is 0 Å². The Balaban J connectivity index is 1.57. The fraction of sp³-hybridized carbons (Fsp3) is 0.500. The van der Waals surface area contributed by atoms with E-state index in [0.29, 0.717) is 24.9 Å². The van der Waals surface area contributed by atoms with Gasteiger partial charge in [-0.2, -0.15) is 4.98 Å². The van der Waals surface area contributed by atoms with E-state index in [2.05, 4.69) is 10.1 Å². The predicted octanol–water partition coefficient (Wildman–Crippen LogP) is 3.07. The molecule has 0 aliphatic carbocycles. The molecule has 1 amide bonds. The fourth-order valence-electron chi connectivity index (χ4n) is 2.86. The van der Waals surface area contributed by atoms with Gasteiger partial charge in [-0.3, -0.25) is 4.79 Å². The molecule has 1 aromatic carbocycles. The topological polar surface area (TPSA) is 68.5 Å². The number of hydrogen-bond acceptors (Lipinski definition) is 5. The van der Waals surface area contributed by atoms with Crippen molar-refractivity contribution in [1.29, 1.82) is 0 Å². The van der Waals surface area contributed by atoms with E-state index < -0.39 is 0 Å². The number of rotatable bonds is 6. The molecule has 0 bridgehead atoms. The average Bonchev–Trinajstić information content (AvgIpc) is 3.24. The normalized spacial score (nSPS) is 17.6. The lowest BCUT2D eigenvalue weighted by atomic mass is 10.2. The first-order chi connectivity index (χ1) is 11.6. The Bertz CT molecular complexity index is 669. The maximum Gasteiger partial charge on any atom is 0.249 e. The number of likely N-dealkylation sites (tertiary alicyclic amines) is 1. The third kappa shape index (κ3) is 3.82. The van der Waals surface area contributed by atoms with Crippen LogP contribution in [0, 0.1) is 0 Å². The van der Waals surface area contributed by atoms with E-state index in [1.807, 2.05) is 44.2 Å². The Morgan fingerprint density at radius 3 is 2.88 bits per heavy atom. The van der Waals surface area contributed by atoms with Gasteiger partial charge in [-0.15, -0.1) is 0 Å². The van der Waals surface area contributed by atoms with Crippen LogP contribution in [0.25, 0.3) is 0 Å². The molecule has 128 valence electrons. The molecule has 1 saturated heterocycles. The molecule has 0 radical (unpaired) electrons. The molecule has 1 aromatic heterocycles. The SMILES string of the molecule is CC(C)c1nc([C@H]2CCCN2C(=O)COCc2ccccc2)no1. The quantitative estimate of drug-likeness (QED) is 0.814. The van der Waals surface area contributed by atoms with Gasteiger partial charge in [-0.1, -0.05) is 49.3 Å². The number of nitrogens with zero attached hydrogens (tertiary/aromatic N) is 3. The van der Waals surface area contributed by atoms with E-state index in [9.17, 15) is 4.79 Å². The Labute approximate surface area is 141 Å². The van der Waals surface area contributed by atoms with Crippen molar-refractivity contribution in [2.24, 2.45) is 0 Å². The molecule has 0 N–H and O–H groups in total. The van der Waals surface area contributed by atoms with Crippen LogP contribution in [-0.4, -0.2) is 34.1 Å². The predicted molar refractivity (Wildman–Crippen MR) is 88.2 cm³/mol. The van der Waals surface area contributed by atoms with Crippen molar-refractivity contribution in [2.45, 2.75) is 45.3 Å². The van der Waals surface area contributed by atoms with Crippen LogP contribution in [0.5, 0.6) is 0 Å². The Morgan fingerprint density at radius 2 is 2.17 bits per heavy atom. The second-order valence-electron chi connectivity index (χ2n) is 6.37. The monoisotopic (exact) mass is 329 g/mol. The summed E-state index contributed by atoms with van der Waals surface area (Å²) in [6.07, 6.45) is 1.81. The van der Waals surface area contributed by atoms with Gasteiger partial charge in [-0.05, 0) is 18.4 Å². The lowest BCUT2D eigenvalue weighted by Gasteiger charge is -2.22. The van der Waals surface area contributed by atoms with Crippen LogP contribution in [-0.2, 0) is 16.1 Å². The zero-order valence-electron chi connectivity index (χ0n) is 14.1. The summed E-state index contributed by atoms with van der Waals surface area (Å²) in [5, 5.41) is 4.06. The highest BCUT2D eigenvalue weighted by Gasteiger charge is 2.33. The molecule has 1 fully saturated rings. The second-order valence-corrected chi connectivity index (χ2v) is 6.37. The summed E-state index contributed by atoms with van der Waals surface area (Å²) in [6, 6.07) is 9.74. The third-order valence-electron chi connectivity index (χ3n) is 4.16. The molecule has 3 rings (SSSR count). The number of carbonyl (C=O) groups is 1. The van der Waals surface area contributed by atoms with Crippen LogP contribution >= 0.6 is 0 Å². The van der Waals surface area contributed by atoms with Crippen molar-refractivity contribution in [1.82, 2.24) is 15.0 Å². The van der Waals surface area contributed by atoms with E-state index in [0.717, 1.165) is 18.4 Å². The van der Waals surface area contributed by atoms with Gasteiger partial charge in [0.1, 0.15) is 6.61 Å². The first-order valence-corrected chi connectivity index (χ1v) is 8.40. The fourth-order valence-corrected chi connectivity index (χ4v) is 2.86. The summed E-state index contributed by atoms with van der Waals surface area (Å²) < 4.78 is 10.8. The van der Waals surface area contributed by atoms with Gasteiger partial charge in [0.25, 0.3) is 0 Å². The maximum atomic E-state index is 12.5. The maximum absolute atomic E-state index is 12.5. The lowest BCUT2D eigenvalue weighted by Crippen LogP contribution is -2.34. The van der Waals surface area contributed by atoms with Crippen LogP contribution in [0.15, 0.2) is 34.9 Å². The molecular weight excluding hydrogens is 306 g/mol. The van der Waals surface area contributed by atoms with Crippen LogP contribution in [0.3, 0.4) is 0 Å². The van der Waals surface area contributed by atoms with E-state index in [1.165, 1.54) is 0 Å².